The van der Waals surface area contributed by atoms with Crippen molar-refractivity contribution in [2.45, 2.75) is 37.8 Å². The van der Waals surface area contributed by atoms with Gasteiger partial charge in [0.2, 0.25) is 27.7 Å². The molecule has 2 fully saturated rings. The molecule has 0 spiro atoms. The van der Waals surface area contributed by atoms with Crippen LogP contribution < -0.4 is 10.5 Å². The van der Waals surface area contributed by atoms with E-state index in [1.807, 2.05) is 0 Å². The molecule has 1 aromatic rings. The zero-order valence-corrected chi connectivity index (χ0v) is 18.5. The summed E-state index contributed by atoms with van der Waals surface area (Å²) in [6.45, 7) is 0.563. The number of nitrogens with one attached hydrogen (secondary N) is 1. The molecule has 0 unspecified atom stereocenters. The van der Waals surface area contributed by atoms with Crippen LogP contribution in [-0.4, -0.2) is 67.7 Å². The zero-order chi connectivity index (χ0) is 21.9. The van der Waals surface area contributed by atoms with Gasteiger partial charge in [0, 0.05) is 23.4 Å². The Balaban J connectivity index is 1.61. The average Bonchev–Trinajstić information content (AvgIpc) is 3.32. The number of rotatable bonds is 7. The fourth-order valence-corrected chi connectivity index (χ4v) is 5.70. The molecule has 3 N–H and O–H groups in total. The molecule has 0 saturated carbocycles. The van der Waals surface area contributed by atoms with E-state index in [4.69, 9.17) is 17.3 Å². The minimum absolute atomic E-state index is 0.204. The van der Waals surface area contributed by atoms with Gasteiger partial charge in [-0.2, -0.15) is 4.72 Å². The van der Waals surface area contributed by atoms with Gasteiger partial charge in [-0.15, -0.1) is 11.3 Å². The molecular weight excluding hydrogens is 452 g/mol. The number of thiophene rings is 1. The third-order valence-electron chi connectivity index (χ3n) is 5.07. The monoisotopic (exact) mass is 474 g/mol. The largest absolute Gasteiger partial charge is 0.368 e. The van der Waals surface area contributed by atoms with Crippen molar-refractivity contribution in [2.75, 3.05) is 19.6 Å². The zero-order valence-electron chi connectivity index (χ0n) is 16.1. The second kappa shape index (κ2) is 9.46. The number of likely N-dealkylation sites (tertiary alicyclic amines) is 2. The molecule has 0 aromatic carbocycles. The first-order chi connectivity index (χ1) is 14.2. The van der Waals surface area contributed by atoms with Gasteiger partial charge in [-0.05, 0) is 43.9 Å². The van der Waals surface area contributed by atoms with Gasteiger partial charge in [0.25, 0.3) is 0 Å². The number of carbonyl (C=O) groups excluding carboxylic acids is 3. The van der Waals surface area contributed by atoms with E-state index >= 15 is 0 Å². The molecule has 9 nitrogen and oxygen atoms in total. The van der Waals surface area contributed by atoms with Crippen molar-refractivity contribution in [1.82, 2.24) is 14.5 Å². The lowest BCUT2D eigenvalue weighted by atomic mass is 10.1. The first-order valence-electron chi connectivity index (χ1n) is 9.49. The predicted octanol–water partition coefficient (Wildman–Crippen LogP) is 0.759. The highest BCUT2D eigenvalue weighted by Gasteiger charge is 2.36. The lowest BCUT2D eigenvalue weighted by molar-refractivity contribution is -0.144. The Bertz CT molecular complexity index is 962. The number of primary amides is 1. The molecule has 0 bridgehead atoms. The van der Waals surface area contributed by atoms with Crippen molar-refractivity contribution in [2.24, 2.45) is 5.73 Å². The Morgan fingerprint density at radius 1 is 1.27 bits per heavy atom. The molecule has 2 aliphatic rings. The molecular formula is C18H23ClN4O5S2. The summed E-state index contributed by atoms with van der Waals surface area (Å²) in [5.74, 6) is -1.38. The van der Waals surface area contributed by atoms with Crippen molar-refractivity contribution in [3.05, 3.63) is 26.8 Å². The molecule has 3 rings (SSSR count). The Labute approximate surface area is 183 Å². The topological polar surface area (TPSA) is 130 Å². The Morgan fingerprint density at radius 2 is 2.00 bits per heavy atom. The van der Waals surface area contributed by atoms with Gasteiger partial charge < -0.3 is 15.5 Å². The molecule has 3 heterocycles. The lowest BCUT2D eigenvalue weighted by Crippen LogP contribution is -2.55. The molecule has 0 radical (unpaired) electrons. The number of nitrogens with two attached hydrogens (primary N) is 1. The van der Waals surface area contributed by atoms with Gasteiger partial charge in [0.05, 0.1) is 10.9 Å². The quantitative estimate of drug-likeness (QED) is 0.602. The number of nitrogens with zero attached hydrogens (tertiary/aromatic N) is 2. The van der Waals surface area contributed by atoms with Crippen LogP contribution in [0, 0.1) is 0 Å². The molecule has 0 aliphatic carbocycles. The Kier molecular flexibility index (Phi) is 7.17. The van der Waals surface area contributed by atoms with Crippen LogP contribution in [0.5, 0.6) is 0 Å². The van der Waals surface area contributed by atoms with Gasteiger partial charge in [-0.3, -0.25) is 14.4 Å². The summed E-state index contributed by atoms with van der Waals surface area (Å²) in [4.78, 5) is 40.2. The number of halogens is 1. The van der Waals surface area contributed by atoms with E-state index in [2.05, 4.69) is 4.72 Å². The van der Waals surface area contributed by atoms with Crippen LogP contribution in [-0.2, 0) is 24.4 Å². The third-order valence-corrected chi connectivity index (χ3v) is 7.37. The first-order valence-corrected chi connectivity index (χ1v) is 12.2. The van der Waals surface area contributed by atoms with E-state index in [-0.39, 0.29) is 12.5 Å². The standard InChI is InChI=1S/C18H23ClN4O5S2/c19-15-6-5-12(29-15)7-10-30(27,28)21-13-3-1-8-22(18(13)26)11-16(24)23-9-2-4-14(23)17(20)25/h5-7,10,13-14,21H,1-4,8-9,11H2,(H2,20,25)/b10-7+/t13-,14-/m0/s1. The van der Waals surface area contributed by atoms with Crippen molar-refractivity contribution >= 4 is 56.8 Å². The molecule has 30 heavy (non-hydrogen) atoms. The smallest absolute Gasteiger partial charge is 0.242 e. The summed E-state index contributed by atoms with van der Waals surface area (Å²) in [7, 11) is -3.86. The average molecular weight is 475 g/mol. The van der Waals surface area contributed by atoms with Crippen LogP contribution in [0.3, 0.4) is 0 Å². The fraction of sp³-hybridized carbons (Fsp3) is 0.500. The highest BCUT2D eigenvalue weighted by atomic mass is 35.5. The second-order valence-corrected chi connectivity index (χ2v) is 10.6. The van der Waals surface area contributed by atoms with Crippen molar-refractivity contribution in [3.63, 3.8) is 0 Å². The minimum Gasteiger partial charge on any atom is -0.368 e. The molecule has 2 atom stereocenters. The number of piperidine rings is 1. The van der Waals surface area contributed by atoms with Crippen LogP contribution in [0.2, 0.25) is 4.34 Å². The van der Waals surface area contributed by atoms with E-state index < -0.39 is 33.9 Å². The normalized spacial score (nSPS) is 22.8. The summed E-state index contributed by atoms with van der Waals surface area (Å²) in [6, 6.07) is 1.76. The van der Waals surface area contributed by atoms with E-state index in [1.165, 1.54) is 27.2 Å². The van der Waals surface area contributed by atoms with Crippen LogP contribution in [0.1, 0.15) is 30.6 Å². The van der Waals surface area contributed by atoms with Crippen molar-refractivity contribution < 1.29 is 22.8 Å². The van der Waals surface area contributed by atoms with Crippen LogP contribution in [0.25, 0.3) is 6.08 Å². The SMILES string of the molecule is NC(=O)[C@@H]1CCCN1C(=O)CN1CCC[C@H](NS(=O)(=O)/C=C/c2ccc(Cl)s2)C1=O. The second-order valence-electron chi connectivity index (χ2n) is 7.21. The predicted molar refractivity (Wildman–Crippen MR) is 114 cm³/mol. The first kappa shape index (κ1) is 22.7. The van der Waals surface area contributed by atoms with E-state index in [9.17, 15) is 22.8 Å². The fourth-order valence-electron chi connectivity index (χ4n) is 3.63. The van der Waals surface area contributed by atoms with Gasteiger partial charge >= 0.3 is 0 Å². The highest BCUT2D eigenvalue weighted by Crippen LogP contribution is 2.23. The summed E-state index contributed by atoms with van der Waals surface area (Å²) >= 11 is 7.06. The number of sulfonamides is 1. The van der Waals surface area contributed by atoms with Crippen LogP contribution in [0.15, 0.2) is 17.5 Å². The molecule has 2 saturated heterocycles. The van der Waals surface area contributed by atoms with Gasteiger partial charge in [-0.1, -0.05) is 11.6 Å². The number of carbonyl (C=O) groups is 3. The Hall–Kier alpha value is -1.95. The van der Waals surface area contributed by atoms with Gasteiger partial charge in [-0.25, -0.2) is 8.42 Å². The van der Waals surface area contributed by atoms with Crippen LogP contribution >= 0.6 is 22.9 Å². The maximum absolute atomic E-state index is 12.7. The minimum atomic E-state index is -3.86. The van der Waals surface area contributed by atoms with E-state index in [0.29, 0.717) is 48.0 Å². The van der Waals surface area contributed by atoms with E-state index in [1.54, 1.807) is 12.1 Å². The maximum Gasteiger partial charge on any atom is 0.242 e. The summed E-state index contributed by atoms with van der Waals surface area (Å²) < 4.78 is 27.6. The lowest BCUT2D eigenvalue weighted by Gasteiger charge is -2.33. The highest BCUT2D eigenvalue weighted by molar-refractivity contribution is 7.92. The molecule has 12 heteroatoms. The maximum atomic E-state index is 12.7. The van der Waals surface area contributed by atoms with Gasteiger partial charge in [0.15, 0.2) is 0 Å². The Morgan fingerprint density at radius 3 is 2.67 bits per heavy atom. The molecule has 1 aromatic heterocycles. The summed E-state index contributed by atoms with van der Waals surface area (Å²) in [6.07, 6.45) is 3.49. The molecule has 2 aliphatic heterocycles. The summed E-state index contributed by atoms with van der Waals surface area (Å²) in [5.41, 5.74) is 5.35. The van der Waals surface area contributed by atoms with Crippen molar-refractivity contribution in [1.29, 1.82) is 0 Å². The molecule has 164 valence electrons. The van der Waals surface area contributed by atoms with Crippen molar-refractivity contribution in [3.8, 4) is 0 Å². The third kappa shape index (κ3) is 5.60. The van der Waals surface area contributed by atoms with Gasteiger partial charge in [0.1, 0.15) is 12.1 Å². The number of amides is 3. The summed E-state index contributed by atoms with van der Waals surface area (Å²) in [5, 5.41) is 0.994. The van der Waals surface area contributed by atoms with Crippen LogP contribution in [0.4, 0.5) is 0 Å². The number of hydrogen-bond acceptors (Lipinski definition) is 6. The van der Waals surface area contributed by atoms with E-state index in [0.717, 1.165) is 5.41 Å². The number of hydrogen-bond donors (Lipinski definition) is 2. The molecule has 3 amide bonds.